The fourth-order valence-corrected chi connectivity index (χ4v) is 3.00. The third kappa shape index (κ3) is 2.01. The number of likely N-dealkylation sites (tertiary alicyclic amines) is 1. The number of amides is 1. The zero-order valence-corrected chi connectivity index (χ0v) is 11.4. The van der Waals surface area contributed by atoms with Crippen LogP contribution in [0.25, 0.3) is 10.9 Å². The molecule has 19 heavy (non-hydrogen) atoms. The molecule has 1 atom stereocenters. The average molecular weight is 257 g/mol. The van der Waals surface area contributed by atoms with Crippen LogP contribution in [0, 0.1) is 5.92 Å². The molecule has 1 amide bonds. The van der Waals surface area contributed by atoms with Crippen LogP contribution < -0.4 is 0 Å². The zero-order valence-electron chi connectivity index (χ0n) is 11.4. The van der Waals surface area contributed by atoms with Gasteiger partial charge in [-0.1, -0.05) is 32.0 Å². The monoisotopic (exact) mass is 257 g/mol. The molecular weight excluding hydrogens is 238 g/mol. The van der Waals surface area contributed by atoms with E-state index in [4.69, 9.17) is 0 Å². The first-order valence-corrected chi connectivity index (χ1v) is 6.92. The summed E-state index contributed by atoms with van der Waals surface area (Å²) in [5, 5.41) is 8.07. The highest BCUT2D eigenvalue weighted by Gasteiger charge is 2.32. The summed E-state index contributed by atoms with van der Waals surface area (Å²) in [4.78, 5) is 14.7. The molecule has 0 aliphatic carbocycles. The minimum Gasteiger partial charge on any atom is -0.334 e. The van der Waals surface area contributed by atoms with E-state index in [0.717, 1.165) is 30.3 Å². The fourth-order valence-electron chi connectivity index (χ4n) is 3.00. The second-order valence-electron chi connectivity index (χ2n) is 5.57. The molecule has 0 radical (unpaired) electrons. The summed E-state index contributed by atoms with van der Waals surface area (Å²) >= 11 is 0. The van der Waals surface area contributed by atoms with Crippen LogP contribution in [0.5, 0.6) is 0 Å². The number of H-pyrrole nitrogens is 1. The second-order valence-corrected chi connectivity index (χ2v) is 5.57. The second kappa shape index (κ2) is 4.68. The van der Waals surface area contributed by atoms with Gasteiger partial charge in [0.1, 0.15) is 0 Å². The van der Waals surface area contributed by atoms with E-state index in [2.05, 4.69) is 24.0 Å². The Balaban J connectivity index is 1.95. The molecule has 1 aliphatic heterocycles. The lowest BCUT2D eigenvalue weighted by atomic mass is 10.0. The standard InChI is InChI=1S/C15H19N3O/c1-10(2)13-8-5-9-18(13)15(19)14-11-6-3-4-7-12(11)16-17-14/h3-4,6-7,10,13H,5,8-9H2,1-2H3,(H,16,17)/t13-/m0/s1. The maximum Gasteiger partial charge on any atom is 0.275 e. The van der Waals surface area contributed by atoms with Crippen LogP contribution in [0.15, 0.2) is 24.3 Å². The quantitative estimate of drug-likeness (QED) is 0.899. The van der Waals surface area contributed by atoms with Gasteiger partial charge in [0.2, 0.25) is 0 Å². The van der Waals surface area contributed by atoms with Crippen LogP contribution in [0.3, 0.4) is 0 Å². The number of nitrogens with zero attached hydrogens (tertiary/aromatic N) is 2. The highest BCUT2D eigenvalue weighted by Crippen LogP contribution is 2.27. The van der Waals surface area contributed by atoms with Gasteiger partial charge in [-0.15, -0.1) is 0 Å². The van der Waals surface area contributed by atoms with E-state index in [0.29, 0.717) is 17.7 Å². The van der Waals surface area contributed by atoms with Gasteiger partial charge >= 0.3 is 0 Å². The molecule has 1 N–H and O–H groups in total. The third-order valence-corrected chi connectivity index (χ3v) is 4.00. The Morgan fingerprint density at radius 2 is 2.21 bits per heavy atom. The van der Waals surface area contributed by atoms with Gasteiger partial charge in [0.15, 0.2) is 5.69 Å². The van der Waals surface area contributed by atoms with Crippen molar-refractivity contribution in [1.82, 2.24) is 15.1 Å². The van der Waals surface area contributed by atoms with Crippen molar-refractivity contribution in [1.29, 1.82) is 0 Å². The molecule has 4 nitrogen and oxygen atoms in total. The number of benzene rings is 1. The molecule has 2 heterocycles. The van der Waals surface area contributed by atoms with Gasteiger partial charge < -0.3 is 4.90 Å². The zero-order chi connectivity index (χ0) is 13.4. The van der Waals surface area contributed by atoms with Crippen molar-refractivity contribution in [2.24, 2.45) is 5.92 Å². The molecule has 0 bridgehead atoms. The van der Waals surface area contributed by atoms with E-state index in [1.165, 1.54) is 0 Å². The van der Waals surface area contributed by atoms with E-state index in [9.17, 15) is 4.79 Å². The molecule has 3 rings (SSSR count). The first-order valence-electron chi connectivity index (χ1n) is 6.92. The van der Waals surface area contributed by atoms with Crippen molar-refractivity contribution < 1.29 is 4.79 Å². The number of carbonyl (C=O) groups excluding carboxylic acids is 1. The molecule has 1 aliphatic rings. The maximum atomic E-state index is 12.7. The molecule has 2 aromatic rings. The first-order chi connectivity index (χ1) is 9.18. The lowest BCUT2D eigenvalue weighted by Crippen LogP contribution is -2.38. The Morgan fingerprint density at radius 1 is 1.42 bits per heavy atom. The summed E-state index contributed by atoms with van der Waals surface area (Å²) in [6.45, 7) is 5.21. The van der Waals surface area contributed by atoms with Crippen molar-refractivity contribution >= 4 is 16.8 Å². The normalized spacial score (nSPS) is 19.5. The molecule has 0 unspecified atom stereocenters. The van der Waals surface area contributed by atoms with E-state index in [1.807, 2.05) is 29.2 Å². The summed E-state index contributed by atoms with van der Waals surface area (Å²) in [6.07, 6.45) is 2.20. The number of rotatable bonds is 2. The molecule has 4 heteroatoms. The van der Waals surface area contributed by atoms with Crippen molar-refractivity contribution in [3.05, 3.63) is 30.0 Å². The Hall–Kier alpha value is -1.84. The molecule has 0 spiro atoms. The fraction of sp³-hybridized carbons (Fsp3) is 0.467. The Bertz CT molecular complexity index is 602. The van der Waals surface area contributed by atoms with Crippen molar-refractivity contribution in [2.45, 2.75) is 32.7 Å². The van der Waals surface area contributed by atoms with Crippen molar-refractivity contribution in [3.63, 3.8) is 0 Å². The number of hydrogen-bond acceptors (Lipinski definition) is 2. The third-order valence-electron chi connectivity index (χ3n) is 4.00. The smallest absolute Gasteiger partial charge is 0.275 e. The van der Waals surface area contributed by atoms with Crippen LogP contribution in [0.1, 0.15) is 37.2 Å². The largest absolute Gasteiger partial charge is 0.334 e. The van der Waals surface area contributed by atoms with Crippen LogP contribution in [0.4, 0.5) is 0 Å². The Labute approximate surface area is 112 Å². The summed E-state index contributed by atoms with van der Waals surface area (Å²) in [6, 6.07) is 8.14. The lowest BCUT2D eigenvalue weighted by molar-refractivity contribution is 0.0697. The molecule has 0 saturated carbocycles. The van der Waals surface area contributed by atoms with Crippen LogP contribution in [0.2, 0.25) is 0 Å². The number of fused-ring (bicyclic) bond motifs is 1. The topological polar surface area (TPSA) is 49.0 Å². The number of hydrogen-bond donors (Lipinski definition) is 1. The summed E-state index contributed by atoms with van der Waals surface area (Å²) in [5.41, 5.74) is 1.48. The highest BCUT2D eigenvalue weighted by atomic mass is 16.2. The van der Waals surface area contributed by atoms with Gasteiger partial charge in [-0.25, -0.2) is 0 Å². The van der Waals surface area contributed by atoms with E-state index in [-0.39, 0.29) is 5.91 Å². The van der Waals surface area contributed by atoms with Gasteiger partial charge in [0.05, 0.1) is 5.52 Å². The number of para-hydroxylation sites is 1. The predicted molar refractivity (Wildman–Crippen MR) is 75.0 cm³/mol. The van der Waals surface area contributed by atoms with Gasteiger partial charge in [0.25, 0.3) is 5.91 Å². The maximum absolute atomic E-state index is 12.7. The SMILES string of the molecule is CC(C)[C@@H]1CCCN1C(=O)c1n[nH]c2ccccc12. The van der Waals surface area contributed by atoms with E-state index >= 15 is 0 Å². The van der Waals surface area contributed by atoms with Gasteiger partial charge in [-0.2, -0.15) is 5.10 Å². The summed E-state index contributed by atoms with van der Waals surface area (Å²) in [7, 11) is 0. The molecule has 1 aromatic carbocycles. The highest BCUT2D eigenvalue weighted by molar-refractivity contribution is 6.04. The number of aromatic amines is 1. The molecule has 1 fully saturated rings. The predicted octanol–water partition coefficient (Wildman–Crippen LogP) is 2.82. The van der Waals surface area contributed by atoms with Crippen LogP contribution in [-0.2, 0) is 0 Å². The lowest BCUT2D eigenvalue weighted by Gasteiger charge is -2.27. The van der Waals surface area contributed by atoms with E-state index < -0.39 is 0 Å². The number of aromatic nitrogens is 2. The van der Waals surface area contributed by atoms with Gasteiger partial charge in [-0.3, -0.25) is 9.89 Å². The van der Waals surface area contributed by atoms with Gasteiger partial charge in [0, 0.05) is 18.0 Å². The first kappa shape index (κ1) is 12.2. The van der Waals surface area contributed by atoms with Gasteiger partial charge in [-0.05, 0) is 24.8 Å². The van der Waals surface area contributed by atoms with Crippen molar-refractivity contribution in [2.75, 3.05) is 6.54 Å². The van der Waals surface area contributed by atoms with Crippen LogP contribution in [-0.4, -0.2) is 33.6 Å². The summed E-state index contributed by atoms with van der Waals surface area (Å²) < 4.78 is 0. The molecule has 1 aromatic heterocycles. The minimum absolute atomic E-state index is 0.0636. The Morgan fingerprint density at radius 3 is 3.00 bits per heavy atom. The Kier molecular flexibility index (Phi) is 3.01. The average Bonchev–Trinajstić information content (AvgIpc) is 3.05. The van der Waals surface area contributed by atoms with E-state index in [1.54, 1.807) is 0 Å². The number of nitrogens with one attached hydrogen (secondary N) is 1. The molecule has 1 saturated heterocycles. The van der Waals surface area contributed by atoms with Crippen molar-refractivity contribution in [3.8, 4) is 0 Å². The summed E-state index contributed by atoms with van der Waals surface area (Å²) in [5.74, 6) is 0.560. The number of carbonyl (C=O) groups is 1. The van der Waals surface area contributed by atoms with Crippen LogP contribution >= 0.6 is 0 Å². The molecule has 100 valence electrons. The molecular formula is C15H19N3O. The minimum atomic E-state index is 0.0636.